The highest BCUT2D eigenvalue weighted by Crippen LogP contribution is 2.18. The highest BCUT2D eigenvalue weighted by Gasteiger charge is 2.12. The Morgan fingerprint density at radius 2 is 2.21 bits per heavy atom. The van der Waals surface area contributed by atoms with Crippen molar-refractivity contribution in [3.63, 3.8) is 0 Å². The fourth-order valence-corrected chi connectivity index (χ4v) is 3.09. The summed E-state index contributed by atoms with van der Waals surface area (Å²) in [5.41, 5.74) is 6.50. The highest BCUT2D eigenvalue weighted by atomic mass is 32.2. The quantitative estimate of drug-likeness (QED) is 0.852. The molecule has 0 saturated heterocycles. The van der Waals surface area contributed by atoms with E-state index in [0.29, 0.717) is 12.3 Å². The van der Waals surface area contributed by atoms with Gasteiger partial charge in [0, 0.05) is 27.5 Å². The average molecular weight is 232 g/mol. The summed E-state index contributed by atoms with van der Waals surface area (Å²) in [6.07, 6.45) is 0. The number of hydrogen-bond acceptors (Lipinski definition) is 4. The third kappa shape index (κ3) is 2.87. The van der Waals surface area contributed by atoms with Crippen LogP contribution in [-0.4, -0.2) is 21.0 Å². The largest absolute Gasteiger partial charge is 0.329 e. The van der Waals surface area contributed by atoms with Crippen molar-refractivity contribution in [3.05, 3.63) is 15.6 Å². The van der Waals surface area contributed by atoms with Crippen LogP contribution < -0.4 is 5.73 Å². The predicted octanol–water partition coefficient (Wildman–Crippen LogP) is 1.36. The lowest BCUT2D eigenvalue weighted by Gasteiger charge is -2.05. The van der Waals surface area contributed by atoms with Crippen LogP contribution in [0.3, 0.4) is 0 Å². The molecule has 2 N–H and O–H groups in total. The summed E-state index contributed by atoms with van der Waals surface area (Å²) in [7, 11) is -0.888. The predicted molar refractivity (Wildman–Crippen MR) is 62.0 cm³/mol. The maximum Gasteiger partial charge on any atom is 0.106 e. The van der Waals surface area contributed by atoms with Crippen molar-refractivity contribution in [3.8, 4) is 0 Å². The van der Waals surface area contributed by atoms with Crippen molar-refractivity contribution in [2.24, 2.45) is 5.73 Å². The van der Waals surface area contributed by atoms with Crippen LogP contribution >= 0.6 is 11.3 Å². The van der Waals surface area contributed by atoms with E-state index in [2.05, 4.69) is 4.98 Å². The number of nitrogens with zero attached hydrogens (tertiary/aromatic N) is 1. The van der Waals surface area contributed by atoms with Crippen molar-refractivity contribution in [1.82, 2.24) is 4.98 Å². The van der Waals surface area contributed by atoms with Crippen LogP contribution in [0.4, 0.5) is 0 Å². The molecule has 1 aromatic heterocycles. The molecule has 2 unspecified atom stereocenters. The van der Waals surface area contributed by atoms with Gasteiger partial charge >= 0.3 is 0 Å². The molecule has 0 amide bonds. The van der Waals surface area contributed by atoms with E-state index in [1.807, 2.05) is 20.8 Å². The van der Waals surface area contributed by atoms with E-state index >= 15 is 0 Å². The van der Waals surface area contributed by atoms with E-state index in [0.717, 1.165) is 10.7 Å². The first-order chi connectivity index (χ1) is 6.54. The Kier molecular flexibility index (Phi) is 4.22. The van der Waals surface area contributed by atoms with Crippen molar-refractivity contribution in [2.45, 2.75) is 31.8 Å². The zero-order valence-corrected chi connectivity index (χ0v) is 10.4. The molecule has 0 aromatic carbocycles. The molecule has 0 aliphatic heterocycles. The van der Waals surface area contributed by atoms with Gasteiger partial charge in [-0.15, -0.1) is 11.3 Å². The first kappa shape index (κ1) is 11.8. The molecule has 0 fully saturated rings. The molecule has 0 radical (unpaired) electrons. The van der Waals surface area contributed by atoms with Gasteiger partial charge < -0.3 is 5.73 Å². The van der Waals surface area contributed by atoms with E-state index in [1.165, 1.54) is 4.88 Å². The van der Waals surface area contributed by atoms with Crippen LogP contribution in [0.25, 0.3) is 0 Å². The van der Waals surface area contributed by atoms with Gasteiger partial charge in [0.2, 0.25) is 0 Å². The van der Waals surface area contributed by atoms with Gasteiger partial charge in [-0.1, -0.05) is 0 Å². The van der Waals surface area contributed by atoms with Gasteiger partial charge in [-0.25, -0.2) is 4.98 Å². The summed E-state index contributed by atoms with van der Waals surface area (Å²) in [5, 5.41) is 1.01. The van der Waals surface area contributed by atoms with Crippen molar-refractivity contribution in [1.29, 1.82) is 0 Å². The molecule has 14 heavy (non-hydrogen) atoms. The lowest BCUT2D eigenvalue weighted by molar-refractivity contribution is 0.672. The van der Waals surface area contributed by atoms with Gasteiger partial charge in [-0.05, 0) is 20.8 Å². The zero-order valence-electron chi connectivity index (χ0n) is 8.74. The standard InChI is InChI=1S/C9H16N2OS2/c1-6(4-10)14(12)5-9-11-7(2)8(3)13-9/h6H,4-5,10H2,1-3H3. The average Bonchev–Trinajstić information content (AvgIpc) is 2.44. The number of hydrogen-bond donors (Lipinski definition) is 1. The summed E-state index contributed by atoms with van der Waals surface area (Å²) < 4.78 is 11.7. The third-order valence-corrected chi connectivity index (χ3v) is 5.02. The second-order valence-corrected chi connectivity index (χ2v) is 6.46. The van der Waals surface area contributed by atoms with Crippen molar-refractivity contribution >= 4 is 22.1 Å². The topological polar surface area (TPSA) is 56.0 Å². The lowest BCUT2D eigenvalue weighted by Crippen LogP contribution is -2.22. The summed E-state index contributed by atoms with van der Waals surface area (Å²) >= 11 is 1.63. The van der Waals surface area contributed by atoms with E-state index in [4.69, 9.17) is 5.73 Å². The molecule has 3 nitrogen and oxygen atoms in total. The van der Waals surface area contributed by atoms with Crippen molar-refractivity contribution in [2.75, 3.05) is 6.54 Å². The molecule has 0 spiro atoms. The normalized spacial score (nSPS) is 15.4. The molecule has 0 aliphatic carbocycles. The maximum atomic E-state index is 11.7. The van der Waals surface area contributed by atoms with E-state index in [-0.39, 0.29) is 5.25 Å². The lowest BCUT2D eigenvalue weighted by atomic mass is 10.4. The molecule has 5 heteroatoms. The highest BCUT2D eigenvalue weighted by molar-refractivity contribution is 7.85. The fourth-order valence-electron chi connectivity index (χ4n) is 0.972. The van der Waals surface area contributed by atoms with Gasteiger partial charge in [-0.3, -0.25) is 4.21 Å². The number of aromatic nitrogens is 1. The minimum Gasteiger partial charge on any atom is -0.329 e. The molecule has 1 rings (SSSR count). The Bertz CT molecular complexity index is 316. The van der Waals surface area contributed by atoms with Crippen LogP contribution in [-0.2, 0) is 16.6 Å². The summed E-state index contributed by atoms with van der Waals surface area (Å²) in [4.78, 5) is 5.56. The number of nitrogens with two attached hydrogens (primary N) is 1. The minimum absolute atomic E-state index is 0.0551. The van der Waals surface area contributed by atoms with Crippen LogP contribution in [0.1, 0.15) is 22.5 Å². The third-order valence-electron chi connectivity index (χ3n) is 2.12. The van der Waals surface area contributed by atoms with Gasteiger partial charge in [0.05, 0.1) is 11.4 Å². The van der Waals surface area contributed by atoms with Gasteiger partial charge in [0.1, 0.15) is 5.01 Å². The van der Waals surface area contributed by atoms with E-state index in [1.54, 1.807) is 11.3 Å². The SMILES string of the molecule is Cc1nc(CS(=O)C(C)CN)sc1C. The Morgan fingerprint density at radius 1 is 1.57 bits per heavy atom. The second kappa shape index (κ2) is 5.00. The van der Waals surface area contributed by atoms with Gasteiger partial charge in [0.15, 0.2) is 0 Å². The smallest absolute Gasteiger partial charge is 0.106 e. The zero-order chi connectivity index (χ0) is 10.7. The van der Waals surface area contributed by atoms with Crippen LogP contribution in [0, 0.1) is 13.8 Å². The monoisotopic (exact) mass is 232 g/mol. The maximum absolute atomic E-state index is 11.7. The Labute approximate surface area is 91.2 Å². The molecule has 80 valence electrons. The number of aryl methyl sites for hydroxylation is 2. The first-order valence-electron chi connectivity index (χ1n) is 4.54. The molecule has 0 bridgehead atoms. The molecule has 2 atom stereocenters. The fraction of sp³-hybridized carbons (Fsp3) is 0.667. The first-order valence-corrected chi connectivity index (χ1v) is 6.74. The van der Waals surface area contributed by atoms with Crippen molar-refractivity contribution < 1.29 is 4.21 Å². The van der Waals surface area contributed by atoms with Gasteiger partial charge in [-0.2, -0.15) is 0 Å². The van der Waals surface area contributed by atoms with Crippen LogP contribution in [0.5, 0.6) is 0 Å². The molecular formula is C9H16N2OS2. The van der Waals surface area contributed by atoms with Crippen LogP contribution in [0.15, 0.2) is 0 Å². The molecule has 1 aromatic rings. The van der Waals surface area contributed by atoms with E-state index in [9.17, 15) is 4.21 Å². The summed E-state index contributed by atoms with van der Waals surface area (Å²) in [6.45, 7) is 6.38. The Hall–Kier alpha value is -0.260. The van der Waals surface area contributed by atoms with Gasteiger partial charge in [0.25, 0.3) is 0 Å². The number of rotatable bonds is 4. The minimum atomic E-state index is -0.888. The molecular weight excluding hydrogens is 216 g/mol. The van der Waals surface area contributed by atoms with Crippen LogP contribution in [0.2, 0.25) is 0 Å². The Morgan fingerprint density at radius 3 is 2.64 bits per heavy atom. The summed E-state index contributed by atoms with van der Waals surface area (Å²) in [6, 6.07) is 0. The van der Waals surface area contributed by atoms with E-state index < -0.39 is 10.8 Å². The second-order valence-electron chi connectivity index (χ2n) is 3.32. The molecule has 0 saturated carbocycles. The summed E-state index contributed by atoms with van der Waals surface area (Å²) in [5.74, 6) is 0.539. The molecule has 0 aliphatic rings. The Balaban J connectivity index is 2.65. The molecule has 1 heterocycles. The number of thiazole rings is 1.